The number of benzene rings is 14. The van der Waals surface area contributed by atoms with E-state index in [0.29, 0.717) is 21.7 Å². The van der Waals surface area contributed by atoms with Crippen molar-refractivity contribution in [3.8, 4) is 56.5 Å². The van der Waals surface area contributed by atoms with E-state index in [-0.39, 0.29) is 5.41 Å². The van der Waals surface area contributed by atoms with Crippen LogP contribution in [0.25, 0.3) is 173 Å². The minimum Gasteiger partial charge on any atom is -0.309 e. The van der Waals surface area contributed by atoms with Gasteiger partial charge in [-0.15, -0.1) is 22.7 Å². The van der Waals surface area contributed by atoms with Gasteiger partial charge in [0.05, 0.1) is 46.5 Å². The molecule has 546 valence electrons. The van der Waals surface area contributed by atoms with Crippen molar-refractivity contribution in [3.05, 3.63) is 376 Å². The maximum absolute atomic E-state index is 6.34. The molecule has 14 aromatic carbocycles. The molecule has 0 N–H and O–H groups in total. The summed E-state index contributed by atoms with van der Waals surface area (Å²) in [6, 6.07) is 103. The molecule has 114 heavy (non-hydrogen) atoms. The lowest BCUT2D eigenvalue weighted by atomic mass is 9.82. The molecular formula is C98H62Br3Cl2N9S2. The van der Waals surface area contributed by atoms with Crippen LogP contribution in [0.3, 0.4) is 0 Å². The molecule has 8 aromatic heterocycles. The van der Waals surface area contributed by atoms with Crippen molar-refractivity contribution in [2.24, 2.45) is 0 Å². The van der Waals surface area contributed by atoms with Gasteiger partial charge < -0.3 is 4.57 Å². The third-order valence-corrected chi connectivity index (χ3v) is 25.6. The smallest absolute Gasteiger partial charge is 0.182 e. The number of halogens is 5. The van der Waals surface area contributed by atoms with Crippen LogP contribution in [0.4, 0.5) is 0 Å². The highest BCUT2D eigenvalue weighted by molar-refractivity contribution is 9.11. The number of hydrogen-bond acceptors (Lipinski definition) is 9. The van der Waals surface area contributed by atoms with Crippen LogP contribution in [-0.4, -0.2) is 44.0 Å². The summed E-state index contributed by atoms with van der Waals surface area (Å²) < 4.78 is 11.8. The second-order valence-electron chi connectivity index (χ2n) is 28.2. The largest absolute Gasteiger partial charge is 0.309 e. The fourth-order valence-corrected chi connectivity index (χ4v) is 20.0. The average molecular weight is 1740 g/mol. The first-order valence-corrected chi connectivity index (χ1v) is 41.7. The number of pyridine rings is 2. The van der Waals surface area contributed by atoms with Gasteiger partial charge in [-0.05, 0) is 168 Å². The molecule has 0 atom stereocenters. The van der Waals surface area contributed by atoms with Crippen molar-refractivity contribution >= 4 is 210 Å². The van der Waals surface area contributed by atoms with Crippen LogP contribution in [0.15, 0.2) is 354 Å². The molecule has 0 spiro atoms. The third-order valence-electron chi connectivity index (χ3n) is 21.2. The van der Waals surface area contributed by atoms with Gasteiger partial charge in [0.1, 0.15) is 15.7 Å². The predicted octanol–water partition coefficient (Wildman–Crippen LogP) is 29.5. The first kappa shape index (κ1) is 72.5. The van der Waals surface area contributed by atoms with Gasteiger partial charge in [-0.25, -0.2) is 19.9 Å². The number of para-hydroxylation sites is 2. The van der Waals surface area contributed by atoms with Gasteiger partial charge in [0.2, 0.25) is 0 Å². The Labute approximate surface area is 698 Å². The van der Waals surface area contributed by atoms with E-state index >= 15 is 0 Å². The van der Waals surface area contributed by atoms with Crippen LogP contribution < -0.4 is 0 Å². The summed E-state index contributed by atoms with van der Waals surface area (Å²) in [7, 11) is 0. The molecule has 0 saturated heterocycles. The van der Waals surface area contributed by atoms with Gasteiger partial charge >= 0.3 is 0 Å². The Kier molecular flexibility index (Phi) is 19.5. The van der Waals surface area contributed by atoms with Gasteiger partial charge in [0.15, 0.2) is 5.82 Å². The fraction of sp³-hybridized carbons (Fsp3) is 0.0306. The first-order chi connectivity index (χ1) is 55.9. The highest BCUT2D eigenvalue weighted by Gasteiger charge is 2.35. The quantitative estimate of drug-likeness (QED) is 0.125. The molecule has 8 heterocycles. The minimum atomic E-state index is 0.132. The standard InChI is InChI=1S/C32H18BrNS.C27H17BrN2.C15H13Br.C14H7ClN4S.C10H7ClN2/c33-20-14-16-21(17-15-20)34-27-12-6-5-11-25(27)28-29-26-18-13-19-7-1-2-8-22(19)31(26)35-32(29)24-10-4-3-9-23(24)30(28)34;28-19-11-13-23-24(14-19)22-12-10-18-6-4-5-9-21(18)25(22)15-26(23)27-16-29-17-30(27)20-7-2-1-3-8-20;1-15(2)13-6-4-3-5-11(13)12-9-10(16)7-8-14(12)15;15-12-11-8-3-1-2-4-10(8)20-14(11)19-13(18-12)9-7-16-5-6-17-9;11-9-3-5-13-10(6-9)8-2-1-4-12-7-8/h1-18H;1-17H;3-9H,1-2H3;1-7H;1-7H. The average Bonchev–Trinajstić information content (AvgIpc) is 1.52. The van der Waals surface area contributed by atoms with E-state index < -0.39 is 0 Å². The van der Waals surface area contributed by atoms with Crippen LogP contribution in [0.2, 0.25) is 10.2 Å². The molecule has 0 aliphatic heterocycles. The molecule has 1 aliphatic rings. The number of aromatic nitrogens is 9. The van der Waals surface area contributed by atoms with E-state index in [1.165, 1.54) is 129 Å². The Morgan fingerprint density at radius 1 is 0.377 bits per heavy atom. The SMILES string of the molecule is Brc1ccc(-n2c3ccccc3c3c4c5ccc6ccccc6c5sc4c4ccccc4c32)cc1.Brc1ccc2c(-c3cncn3-c3ccccc3)cc3c4ccccc4ccc3c2c1.CC1(C)c2ccccc2-c2cc(Br)ccc21.Clc1ccnc(-c2cccnc2)c1.Clc1nc(-c2cnccn2)nc2sc3ccccc3c12. The van der Waals surface area contributed by atoms with Crippen LogP contribution in [-0.2, 0) is 5.41 Å². The first-order valence-electron chi connectivity index (χ1n) is 37.0. The summed E-state index contributed by atoms with van der Waals surface area (Å²) in [5, 5.41) is 21.2. The summed E-state index contributed by atoms with van der Waals surface area (Å²) in [4.78, 5) is 30.7. The molecule has 0 radical (unpaired) electrons. The molecule has 0 bridgehead atoms. The maximum atomic E-state index is 6.34. The molecule has 16 heteroatoms. The maximum Gasteiger partial charge on any atom is 0.182 e. The van der Waals surface area contributed by atoms with Crippen molar-refractivity contribution in [3.63, 3.8) is 0 Å². The monoisotopic (exact) mass is 1740 g/mol. The lowest BCUT2D eigenvalue weighted by Gasteiger charge is -2.21. The summed E-state index contributed by atoms with van der Waals surface area (Å²) in [6.45, 7) is 4.59. The topological polar surface area (TPSA) is 100 Å². The Bertz CT molecular complexity index is 7480. The van der Waals surface area contributed by atoms with E-state index in [9.17, 15) is 0 Å². The Morgan fingerprint density at radius 2 is 1.03 bits per heavy atom. The molecule has 22 aromatic rings. The molecule has 0 fully saturated rings. The third kappa shape index (κ3) is 13.3. The highest BCUT2D eigenvalue weighted by atomic mass is 79.9. The van der Waals surface area contributed by atoms with Gasteiger partial charge in [-0.1, -0.05) is 273 Å². The number of fused-ring (bicyclic) bond motifs is 23. The molecule has 0 saturated carbocycles. The fourth-order valence-electron chi connectivity index (χ4n) is 16.0. The van der Waals surface area contributed by atoms with E-state index in [0.717, 1.165) is 56.4 Å². The summed E-state index contributed by atoms with van der Waals surface area (Å²) in [5.74, 6) is 0.502. The summed E-state index contributed by atoms with van der Waals surface area (Å²) in [6.07, 6.45) is 13.9. The zero-order chi connectivity index (χ0) is 77.1. The predicted molar refractivity (Wildman–Crippen MR) is 491 cm³/mol. The van der Waals surface area contributed by atoms with Crippen LogP contribution in [0.1, 0.15) is 25.0 Å². The lowest BCUT2D eigenvalue weighted by molar-refractivity contribution is 0.660. The second-order valence-corrected chi connectivity index (χ2v) is 33.8. The number of hydrogen-bond donors (Lipinski definition) is 0. The molecular weight excluding hydrogens is 1680 g/mol. The number of nitrogens with zero attached hydrogens (tertiary/aromatic N) is 9. The number of imidazole rings is 1. The van der Waals surface area contributed by atoms with Crippen molar-refractivity contribution in [1.82, 2.24) is 44.0 Å². The Morgan fingerprint density at radius 3 is 1.82 bits per heavy atom. The van der Waals surface area contributed by atoms with Gasteiger partial charge in [0.25, 0.3) is 0 Å². The zero-order valence-corrected chi connectivity index (χ0v) is 69.0. The van der Waals surface area contributed by atoms with E-state index in [4.69, 9.17) is 23.2 Å². The number of rotatable bonds is 5. The highest BCUT2D eigenvalue weighted by Crippen LogP contribution is 2.52. The molecule has 9 nitrogen and oxygen atoms in total. The molecule has 23 rings (SSSR count). The van der Waals surface area contributed by atoms with Gasteiger partial charge in [0, 0.05) is 129 Å². The van der Waals surface area contributed by atoms with Crippen LogP contribution >= 0.6 is 93.7 Å². The van der Waals surface area contributed by atoms with E-state index in [1.54, 1.807) is 54.6 Å². The normalized spacial score (nSPS) is 12.1. The minimum absolute atomic E-state index is 0.132. The number of thiophene rings is 2. The molecule has 1 aliphatic carbocycles. The zero-order valence-electron chi connectivity index (χ0n) is 61.1. The second kappa shape index (κ2) is 30.7. The molecule has 0 unspecified atom stereocenters. The van der Waals surface area contributed by atoms with Crippen molar-refractivity contribution in [2.45, 2.75) is 19.3 Å². The Balaban J connectivity index is 0.000000100. The van der Waals surface area contributed by atoms with Gasteiger partial charge in [-0.3, -0.25) is 19.5 Å². The van der Waals surface area contributed by atoms with Crippen molar-refractivity contribution < 1.29 is 0 Å². The van der Waals surface area contributed by atoms with Crippen LogP contribution in [0.5, 0.6) is 0 Å². The van der Waals surface area contributed by atoms with Crippen molar-refractivity contribution in [2.75, 3.05) is 0 Å². The van der Waals surface area contributed by atoms with E-state index in [1.807, 2.05) is 66.3 Å². The Hall–Kier alpha value is -11.7. The molecule has 0 amide bonds. The van der Waals surface area contributed by atoms with E-state index in [2.05, 4.69) is 348 Å². The van der Waals surface area contributed by atoms with Gasteiger partial charge in [-0.2, -0.15) is 0 Å². The van der Waals surface area contributed by atoms with Crippen LogP contribution in [0, 0.1) is 0 Å². The van der Waals surface area contributed by atoms with Crippen molar-refractivity contribution in [1.29, 1.82) is 0 Å². The summed E-state index contributed by atoms with van der Waals surface area (Å²) in [5.41, 5.74) is 15.3. The summed E-state index contributed by atoms with van der Waals surface area (Å²) >= 11 is 26.6. The lowest BCUT2D eigenvalue weighted by Crippen LogP contribution is -2.14.